The van der Waals surface area contributed by atoms with Gasteiger partial charge < -0.3 is 15.2 Å². The molecule has 3 heteroatoms. The third-order valence-corrected chi connectivity index (χ3v) is 3.38. The highest BCUT2D eigenvalue weighted by Gasteiger charge is 2.22. The second-order valence-electron chi connectivity index (χ2n) is 4.80. The van der Waals surface area contributed by atoms with Crippen LogP contribution >= 0.6 is 0 Å². The molecular weight excluding hydrogens is 238 g/mol. The van der Waals surface area contributed by atoms with Crippen molar-refractivity contribution in [2.75, 3.05) is 13.7 Å². The van der Waals surface area contributed by atoms with E-state index in [1.807, 2.05) is 24.3 Å². The summed E-state index contributed by atoms with van der Waals surface area (Å²) in [5.41, 5.74) is 6.32. The van der Waals surface area contributed by atoms with Crippen LogP contribution in [-0.2, 0) is 4.74 Å². The summed E-state index contributed by atoms with van der Waals surface area (Å²) in [4.78, 5) is 0. The number of rotatable bonds is 3. The zero-order valence-corrected chi connectivity index (χ0v) is 11.4. The molecule has 0 aromatic heterocycles. The summed E-state index contributed by atoms with van der Waals surface area (Å²) in [6, 6.07) is 7.88. The van der Waals surface area contributed by atoms with Crippen molar-refractivity contribution in [3.05, 3.63) is 29.8 Å². The van der Waals surface area contributed by atoms with Crippen molar-refractivity contribution in [2.24, 2.45) is 5.73 Å². The van der Waals surface area contributed by atoms with E-state index in [2.05, 4.69) is 11.8 Å². The summed E-state index contributed by atoms with van der Waals surface area (Å²) >= 11 is 0. The highest BCUT2D eigenvalue weighted by molar-refractivity contribution is 5.40. The maximum Gasteiger partial charge on any atom is 0.120 e. The fourth-order valence-electron chi connectivity index (χ4n) is 2.42. The second kappa shape index (κ2) is 7.18. The zero-order valence-electron chi connectivity index (χ0n) is 11.4. The molecule has 19 heavy (non-hydrogen) atoms. The first-order chi connectivity index (χ1) is 9.31. The molecule has 0 saturated heterocycles. The first kappa shape index (κ1) is 13.9. The minimum atomic E-state index is 0.247. The van der Waals surface area contributed by atoms with Gasteiger partial charge in [-0.2, -0.15) is 0 Å². The van der Waals surface area contributed by atoms with E-state index in [1.54, 1.807) is 7.11 Å². The molecule has 2 atom stereocenters. The van der Waals surface area contributed by atoms with Crippen molar-refractivity contribution < 1.29 is 9.47 Å². The molecule has 102 valence electrons. The van der Waals surface area contributed by atoms with Crippen LogP contribution in [-0.4, -0.2) is 25.9 Å². The van der Waals surface area contributed by atoms with Crippen LogP contribution in [0.4, 0.5) is 0 Å². The van der Waals surface area contributed by atoms with E-state index in [1.165, 1.54) is 0 Å². The van der Waals surface area contributed by atoms with Gasteiger partial charge in [0.1, 0.15) is 11.9 Å². The molecule has 2 unspecified atom stereocenters. The van der Waals surface area contributed by atoms with Crippen LogP contribution in [0.1, 0.15) is 31.2 Å². The molecule has 2 N–H and O–H groups in total. The van der Waals surface area contributed by atoms with Crippen molar-refractivity contribution in [1.29, 1.82) is 0 Å². The monoisotopic (exact) mass is 259 g/mol. The van der Waals surface area contributed by atoms with E-state index in [0.717, 1.165) is 37.0 Å². The molecule has 3 nitrogen and oxygen atoms in total. The highest BCUT2D eigenvalue weighted by Crippen LogP contribution is 2.25. The predicted octanol–water partition coefficient (Wildman–Crippen LogP) is 2.33. The summed E-state index contributed by atoms with van der Waals surface area (Å²) in [7, 11) is 1.77. The van der Waals surface area contributed by atoms with Gasteiger partial charge in [0.2, 0.25) is 0 Å². The van der Waals surface area contributed by atoms with Gasteiger partial charge in [-0.05, 0) is 37.5 Å². The summed E-state index contributed by atoms with van der Waals surface area (Å²) < 4.78 is 11.4. The van der Waals surface area contributed by atoms with Gasteiger partial charge >= 0.3 is 0 Å². The lowest BCUT2D eigenvalue weighted by atomic mass is 9.95. The van der Waals surface area contributed by atoms with Crippen molar-refractivity contribution in [3.8, 4) is 17.6 Å². The Labute approximate surface area is 115 Å². The number of hydrogen-bond donors (Lipinski definition) is 1. The van der Waals surface area contributed by atoms with Gasteiger partial charge in [-0.25, -0.2) is 0 Å². The first-order valence-electron chi connectivity index (χ1n) is 6.80. The predicted molar refractivity (Wildman–Crippen MR) is 76.1 cm³/mol. The summed E-state index contributed by atoms with van der Waals surface area (Å²) in [6.45, 7) is 0.378. The quantitative estimate of drug-likeness (QED) is 0.847. The largest absolute Gasteiger partial charge is 0.490 e. The third-order valence-electron chi connectivity index (χ3n) is 3.38. The van der Waals surface area contributed by atoms with Gasteiger partial charge in [0.25, 0.3) is 0 Å². The molecule has 0 bridgehead atoms. The molecule has 0 aliphatic heterocycles. The van der Waals surface area contributed by atoms with Crippen molar-refractivity contribution >= 4 is 0 Å². The van der Waals surface area contributed by atoms with Gasteiger partial charge in [0.15, 0.2) is 0 Å². The van der Waals surface area contributed by atoms with Crippen LogP contribution in [0.15, 0.2) is 24.3 Å². The maximum absolute atomic E-state index is 6.03. The molecule has 1 fully saturated rings. The minimum absolute atomic E-state index is 0.247. The Kier molecular flexibility index (Phi) is 5.26. The van der Waals surface area contributed by atoms with Crippen molar-refractivity contribution in [1.82, 2.24) is 0 Å². The van der Waals surface area contributed by atoms with E-state index in [9.17, 15) is 0 Å². The van der Waals surface area contributed by atoms with Gasteiger partial charge in [-0.3, -0.25) is 0 Å². The molecule has 1 saturated carbocycles. The topological polar surface area (TPSA) is 44.5 Å². The van der Waals surface area contributed by atoms with Gasteiger partial charge in [0, 0.05) is 19.1 Å². The minimum Gasteiger partial charge on any atom is -0.490 e. The van der Waals surface area contributed by atoms with E-state index < -0.39 is 0 Å². The summed E-state index contributed by atoms with van der Waals surface area (Å²) in [5.74, 6) is 6.76. The second-order valence-corrected chi connectivity index (χ2v) is 4.80. The van der Waals surface area contributed by atoms with E-state index in [0.29, 0.717) is 12.6 Å². The Hall–Kier alpha value is -1.50. The highest BCUT2D eigenvalue weighted by atomic mass is 16.5. The molecular formula is C16H21NO2. The fraction of sp³-hybridized carbons (Fsp3) is 0.500. The van der Waals surface area contributed by atoms with Crippen LogP contribution < -0.4 is 10.5 Å². The Morgan fingerprint density at radius 3 is 2.95 bits per heavy atom. The van der Waals surface area contributed by atoms with Gasteiger partial charge in [0.05, 0.1) is 12.6 Å². The average molecular weight is 259 g/mol. The normalized spacial score (nSPS) is 22.4. The Morgan fingerprint density at radius 2 is 2.16 bits per heavy atom. The SMILES string of the molecule is COC1CCCC(Oc2cccc(C#CCN)c2)C1. The Morgan fingerprint density at radius 1 is 1.32 bits per heavy atom. The van der Waals surface area contributed by atoms with Crippen LogP contribution in [0, 0.1) is 11.8 Å². The molecule has 0 spiro atoms. The zero-order chi connectivity index (χ0) is 13.5. The fourth-order valence-corrected chi connectivity index (χ4v) is 2.42. The lowest BCUT2D eigenvalue weighted by molar-refractivity contribution is 0.0209. The van der Waals surface area contributed by atoms with Crippen LogP contribution in [0.3, 0.4) is 0 Å². The molecule has 1 aliphatic carbocycles. The van der Waals surface area contributed by atoms with Gasteiger partial charge in [-0.1, -0.05) is 17.9 Å². The van der Waals surface area contributed by atoms with E-state index in [-0.39, 0.29) is 6.10 Å². The number of nitrogens with two attached hydrogens (primary N) is 1. The van der Waals surface area contributed by atoms with Crippen LogP contribution in [0.5, 0.6) is 5.75 Å². The molecule has 0 heterocycles. The number of benzene rings is 1. The lowest BCUT2D eigenvalue weighted by Gasteiger charge is -2.28. The summed E-state index contributed by atoms with van der Waals surface area (Å²) in [5, 5.41) is 0. The van der Waals surface area contributed by atoms with Crippen LogP contribution in [0.25, 0.3) is 0 Å². The lowest BCUT2D eigenvalue weighted by Crippen LogP contribution is -2.29. The third kappa shape index (κ3) is 4.27. The standard InChI is InChI=1S/C16H21NO2/c1-18-14-7-3-9-16(12-14)19-15-8-2-5-13(11-15)6-4-10-17/h2,5,8,11,14,16H,3,7,9-10,12,17H2,1H3. The first-order valence-corrected chi connectivity index (χ1v) is 6.80. The number of hydrogen-bond acceptors (Lipinski definition) is 3. The van der Waals surface area contributed by atoms with Crippen molar-refractivity contribution in [2.45, 2.75) is 37.9 Å². The number of ether oxygens (including phenoxy) is 2. The number of methoxy groups -OCH3 is 1. The molecule has 1 aliphatic rings. The maximum atomic E-state index is 6.03. The van der Waals surface area contributed by atoms with E-state index in [4.69, 9.17) is 15.2 Å². The Bertz CT molecular complexity index is 461. The molecule has 0 radical (unpaired) electrons. The molecule has 1 aromatic rings. The molecule has 0 amide bonds. The molecule has 2 rings (SSSR count). The van der Waals surface area contributed by atoms with Gasteiger partial charge in [-0.15, -0.1) is 0 Å². The Balaban J connectivity index is 1.98. The summed E-state index contributed by atoms with van der Waals surface area (Å²) in [6.07, 6.45) is 4.94. The van der Waals surface area contributed by atoms with Crippen LogP contribution in [0.2, 0.25) is 0 Å². The smallest absolute Gasteiger partial charge is 0.120 e. The van der Waals surface area contributed by atoms with Crippen molar-refractivity contribution in [3.63, 3.8) is 0 Å². The molecule has 1 aromatic carbocycles. The van der Waals surface area contributed by atoms with E-state index >= 15 is 0 Å². The average Bonchev–Trinajstić information content (AvgIpc) is 2.46.